The number of rotatable bonds is 18. The van der Waals surface area contributed by atoms with Crippen molar-refractivity contribution in [3.8, 4) is 5.75 Å². The molecule has 0 aliphatic carbocycles. The highest BCUT2D eigenvalue weighted by Gasteiger charge is 2.22. The molecule has 3 amide bonds. The van der Waals surface area contributed by atoms with Crippen molar-refractivity contribution in [3.05, 3.63) is 64.2 Å². The maximum Gasteiger partial charge on any atom is 0.406 e. The van der Waals surface area contributed by atoms with Gasteiger partial charge in [0.05, 0.1) is 32.0 Å². The number of likely N-dealkylation sites (N-methyl/N-ethyl adjacent to an activating group) is 1. The number of nitrogens with zero attached hydrogens (tertiary/aromatic N) is 1. The van der Waals surface area contributed by atoms with Crippen LogP contribution in [0.4, 0.5) is 13.6 Å². The number of alkyl halides is 2. The number of benzene rings is 2. The second-order valence-corrected chi connectivity index (χ2v) is 11.7. The molecule has 2 unspecified atom stereocenters. The fourth-order valence-corrected chi connectivity index (χ4v) is 3.92. The number of unbranched alkanes of at least 4 members (excludes halogenated alkanes) is 1. The Morgan fingerprint density at radius 1 is 1.04 bits per heavy atom. The first-order chi connectivity index (χ1) is 22.2. The van der Waals surface area contributed by atoms with E-state index in [2.05, 4.69) is 20.1 Å². The molecular formula is C33H48ClF2N3O8. The maximum absolute atomic E-state index is 13.2. The van der Waals surface area contributed by atoms with E-state index in [-0.39, 0.29) is 43.2 Å². The number of hydrogen-bond donors (Lipinski definition) is 2. The monoisotopic (exact) mass is 687 g/mol. The van der Waals surface area contributed by atoms with Gasteiger partial charge in [0.15, 0.2) is 0 Å². The third kappa shape index (κ3) is 17.3. The van der Waals surface area contributed by atoms with Crippen LogP contribution in [-0.2, 0) is 23.7 Å². The van der Waals surface area contributed by atoms with Gasteiger partial charge in [-0.15, -0.1) is 0 Å². The molecule has 2 N–H and O–H groups in total. The zero-order valence-corrected chi connectivity index (χ0v) is 28.9. The van der Waals surface area contributed by atoms with E-state index in [9.17, 15) is 23.2 Å². The third-order valence-electron chi connectivity index (χ3n) is 6.52. The highest BCUT2D eigenvalue weighted by molar-refractivity contribution is 6.30. The van der Waals surface area contributed by atoms with Gasteiger partial charge in [-0.2, -0.15) is 8.78 Å². The maximum atomic E-state index is 13.2. The standard InChI is InChI=1S/C28H36ClF2N3O7.C5H12O/c1-4-5-10-39-17-23(34(2)18-35)16-33-26(36)21-12-20(14-24(15-21)41-27(30)31)25(19-7-6-8-22(29)13-19)40-11-9-32-28(37)38-3;1-5(2,3)6-4/h6-8,12-15,18,23,25,27H,4-5,9-11,16-17H2,1-3H3,(H,32,37)(H,33,36);1-4H3. The number of methoxy groups -OCH3 is 2. The van der Waals surface area contributed by atoms with Crippen molar-refractivity contribution in [2.75, 3.05) is 54.2 Å². The van der Waals surface area contributed by atoms with Gasteiger partial charge in [-0.05, 0) is 68.7 Å². The van der Waals surface area contributed by atoms with Crippen molar-refractivity contribution in [1.29, 1.82) is 0 Å². The molecule has 2 atom stereocenters. The first kappa shape index (κ1) is 41.5. The van der Waals surface area contributed by atoms with Crippen LogP contribution in [0.25, 0.3) is 0 Å². The molecule has 0 saturated carbocycles. The molecule has 2 aromatic rings. The third-order valence-corrected chi connectivity index (χ3v) is 6.75. The lowest BCUT2D eigenvalue weighted by Crippen LogP contribution is -2.44. The number of amides is 3. The number of carbonyl (C=O) groups excluding carboxylic acids is 3. The predicted molar refractivity (Wildman–Crippen MR) is 175 cm³/mol. The molecule has 0 bridgehead atoms. The molecule has 264 valence electrons. The molecule has 0 saturated heterocycles. The van der Waals surface area contributed by atoms with E-state index in [1.807, 2.05) is 27.7 Å². The van der Waals surface area contributed by atoms with E-state index in [1.54, 1.807) is 38.4 Å². The summed E-state index contributed by atoms with van der Waals surface area (Å²) in [6.07, 6.45) is 0.941. The fraction of sp³-hybridized carbons (Fsp3) is 0.545. The quantitative estimate of drug-likeness (QED) is 0.148. The summed E-state index contributed by atoms with van der Waals surface area (Å²) in [7, 11) is 4.51. The summed E-state index contributed by atoms with van der Waals surface area (Å²) in [5.41, 5.74) is 0.979. The molecule has 0 aromatic heterocycles. The van der Waals surface area contributed by atoms with Gasteiger partial charge in [-0.1, -0.05) is 37.1 Å². The first-order valence-corrected chi connectivity index (χ1v) is 15.5. The van der Waals surface area contributed by atoms with Gasteiger partial charge in [-0.25, -0.2) is 4.79 Å². The van der Waals surface area contributed by atoms with Gasteiger partial charge >= 0.3 is 12.7 Å². The number of carbonyl (C=O) groups is 3. The van der Waals surface area contributed by atoms with Crippen molar-refractivity contribution in [1.82, 2.24) is 15.5 Å². The van der Waals surface area contributed by atoms with Crippen molar-refractivity contribution in [2.24, 2.45) is 0 Å². The topological polar surface area (TPSA) is 125 Å². The van der Waals surface area contributed by atoms with Gasteiger partial charge in [-0.3, -0.25) is 9.59 Å². The molecule has 0 fully saturated rings. The van der Waals surface area contributed by atoms with Crippen LogP contribution >= 0.6 is 11.6 Å². The van der Waals surface area contributed by atoms with Crippen LogP contribution in [0.1, 0.15) is 68.1 Å². The Morgan fingerprint density at radius 2 is 1.74 bits per heavy atom. The Hall–Kier alpha value is -3.52. The Morgan fingerprint density at radius 3 is 2.32 bits per heavy atom. The lowest BCUT2D eigenvalue weighted by atomic mass is 9.98. The van der Waals surface area contributed by atoms with E-state index < -0.39 is 30.8 Å². The van der Waals surface area contributed by atoms with Crippen molar-refractivity contribution in [3.63, 3.8) is 0 Å². The van der Waals surface area contributed by atoms with Crippen molar-refractivity contribution >= 4 is 30.0 Å². The summed E-state index contributed by atoms with van der Waals surface area (Å²) in [5, 5.41) is 5.64. The molecule has 0 radical (unpaired) electrons. The van der Waals surface area contributed by atoms with Gasteiger partial charge < -0.3 is 39.2 Å². The van der Waals surface area contributed by atoms with Gasteiger partial charge in [0.25, 0.3) is 5.91 Å². The average Bonchev–Trinajstić information content (AvgIpc) is 3.03. The number of nitrogens with one attached hydrogen (secondary N) is 2. The highest BCUT2D eigenvalue weighted by Crippen LogP contribution is 2.32. The lowest BCUT2D eigenvalue weighted by molar-refractivity contribution is -0.119. The van der Waals surface area contributed by atoms with Crippen LogP contribution in [0.3, 0.4) is 0 Å². The minimum atomic E-state index is -3.14. The lowest BCUT2D eigenvalue weighted by Gasteiger charge is -2.25. The second-order valence-electron chi connectivity index (χ2n) is 11.3. The van der Waals surface area contributed by atoms with Gasteiger partial charge in [0, 0.05) is 44.4 Å². The van der Waals surface area contributed by atoms with Crippen LogP contribution < -0.4 is 15.4 Å². The first-order valence-electron chi connectivity index (χ1n) is 15.1. The minimum Gasteiger partial charge on any atom is -0.453 e. The zero-order valence-electron chi connectivity index (χ0n) is 28.1. The molecule has 2 aromatic carbocycles. The molecule has 14 heteroatoms. The largest absolute Gasteiger partial charge is 0.453 e. The molecule has 0 aliphatic heterocycles. The summed E-state index contributed by atoms with van der Waals surface area (Å²) in [6, 6.07) is 10.3. The van der Waals surface area contributed by atoms with E-state index in [0.717, 1.165) is 12.8 Å². The van der Waals surface area contributed by atoms with Crippen LogP contribution in [0.2, 0.25) is 5.02 Å². The van der Waals surface area contributed by atoms with Crippen LogP contribution in [-0.4, -0.2) is 95.7 Å². The van der Waals surface area contributed by atoms with Crippen LogP contribution in [0.15, 0.2) is 42.5 Å². The zero-order chi connectivity index (χ0) is 35.4. The predicted octanol–water partition coefficient (Wildman–Crippen LogP) is 5.84. The molecule has 0 heterocycles. The SMILES string of the molecule is CCCCOCC(CNC(=O)c1cc(OC(F)F)cc(C(OCCNC(=O)OC)c2cccc(Cl)c2)c1)N(C)C=O.COC(C)(C)C. The normalized spacial score (nSPS) is 12.3. The molecular weight excluding hydrogens is 640 g/mol. The molecule has 11 nitrogen and oxygen atoms in total. The van der Waals surface area contributed by atoms with Crippen LogP contribution in [0.5, 0.6) is 5.75 Å². The van der Waals surface area contributed by atoms with E-state index in [0.29, 0.717) is 29.2 Å². The average molecular weight is 688 g/mol. The molecule has 0 spiro atoms. The Balaban J connectivity index is 0.00000167. The Bertz CT molecular complexity index is 1230. The summed E-state index contributed by atoms with van der Waals surface area (Å²) in [6.45, 7) is 5.85. The number of alkyl carbamates (subject to hydrolysis) is 1. The van der Waals surface area contributed by atoms with Crippen molar-refractivity contribution in [2.45, 2.75) is 64.9 Å². The Labute approximate surface area is 281 Å². The summed E-state index contributed by atoms with van der Waals surface area (Å²) in [4.78, 5) is 37.3. The molecule has 2 rings (SSSR count). The number of hydrogen-bond acceptors (Lipinski definition) is 8. The van der Waals surface area contributed by atoms with Gasteiger partial charge in [0.1, 0.15) is 11.9 Å². The number of halogens is 3. The van der Waals surface area contributed by atoms with E-state index in [1.165, 1.54) is 30.2 Å². The summed E-state index contributed by atoms with van der Waals surface area (Å²) < 4.78 is 52.1. The Kier molecular flexibility index (Phi) is 19.5. The van der Waals surface area contributed by atoms with E-state index in [4.69, 9.17) is 25.8 Å². The summed E-state index contributed by atoms with van der Waals surface area (Å²) >= 11 is 6.19. The second kappa shape index (κ2) is 22.1. The smallest absolute Gasteiger partial charge is 0.406 e. The molecule has 47 heavy (non-hydrogen) atoms. The van der Waals surface area contributed by atoms with Crippen LogP contribution in [0, 0.1) is 0 Å². The number of ether oxygens (including phenoxy) is 5. The van der Waals surface area contributed by atoms with Crippen molar-refractivity contribution < 1.29 is 46.8 Å². The molecule has 0 aliphatic rings. The minimum absolute atomic E-state index is 0.0193. The van der Waals surface area contributed by atoms with Gasteiger partial charge in [0.2, 0.25) is 6.41 Å². The van der Waals surface area contributed by atoms with E-state index >= 15 is 0 Å². The summed E-state index contributed by atoms with van der Waals surface area (Å²) in [5.74, 6) is -0.837. The fourth-order valence-electron chi connectivity index (χ4n) is 3.72. The highest BCUT2D eigenvalue weighted by atomic mass is 35.5.